The van der Waals surface area contributed by atoms with Crippen molar-refractivity contribution in [2.45, 2.75) is 6.61 Å². The molecule has 4 aromatic carbocycles. The number of carbonyl (C=O) groups is 1. The van der Waals surface area contributed by atoms with Crippen LogP contribution >= 0.6 is 62.5 Å². The lowest BCUT2D eigenvalue weighted by atomic mass is 10.1. The predicted molar refractivity (Wildman–Crippen MR) is 170 cm³/mol. The molecule has 5 nitrogen and oxygen atoms in total. The van der Waals surface area contributed by atoms with Crippen LogP contribution in [0.25, 0.3) is 6.08 Å². The number of rotatable bonds is 7. The fourth-order valence-corrected chi connectivity index (χ4v) is 5.80. The number of amides is 1. The molecule has 40 heavy (non-hydrogen) atoms. The molecular formula is C30H20BrCl3N2O3S. The molecule has 1 saturated heterocycles. The van der Waals surface area contributed by atoms with E-state index in [1.54, 1.807) is 66.6 Å². The summed E-state index contributed by atoms with van der Waals surface area (Å²) in [5, 5.41) is 2.35. The minimum absolute atomic E-state index is 0.210. The summed E-state index contributed by atoms with van der Waals surface area (Å²) in [6.07, 6.45) is 1.80. The summed E-state index contributed by atoms with van der Waals surface area (Å²) in [4.78, 5) is 20.5. The number of ether oxygens (including phenoxy) is 2. The molecule has 0 spiro atoms. The lowest BCUT2D eigenvalue weighted by Crippen LogP contribution is -2.28. The maximum atomic E-state index is 13.7. The molecule has 202 valence electrons. The van der Waals surface area contributed by atoms with E-state index in [0.717, 1.165) is 11.1 Å². The molecule has 0 aromatic heterocycles. The van der Waals surface area contributed by atoms with Gasteiger partial charge in [-0.3, -0.25) is 9.69 Å². The van der Waals surface area contributed by atoms with Gasteiger partial charge < -0.3 is 9.47 Å². The van der Waals surface area contributed by atoms with Crippen LogP contribution in [0.2, 0.25) is 15.1 Å². The third-order valence-corrected chi connectivity index (χ3v) is 8.10. The number of benzene rings is 4. The monoisotopic (exact) mass is 672 g/mol. The number of amidine groups is 1. The van der Waals surface area contributed by atoms with Gasteiger partial charge in [-0.05, 0) is 118 Å². The summed E-state index contributed by atoms with van der Waals surface area (Å²) >= 11 is 23.0. The van der Waals surface area contributed by atoms with Crippen molar-refractivity contribution < 1.29 is 14.3 Å². The van der Waals surface area contributed by atoms with E-state index in [1.807, 2.05) is 36.4 Å². The van der Waals surface area contributed by atoms with Gasteiger partial charge in [-0.1, -0.05) is 46.9 Å². The Morgan fingerprint density at radius 1 is 0.900 bits per heavy atom. The SMILES string of the molecule is COc1cc(/C=C2\SC(=Nc3ccc(Cl)cc3)N(c3ccc(Cl)cc3)C2=O)cc(Br)c1OCc1ccc(Cl)cc1. The number of nitrogens with zero attached hydrogens (tertiary/aromatic N) is 2. The number of thioether (sulfide) groups is 1. The topological polar surface area (TPSA) is 51.1 Å². The molecule has 0 saturated carbocycles. The highest BCUT2D eigenvalue weighted by molar-refractivity contribution is 9.10. The first-order chi connectivity index (χ1) is 19.3. The van der Waals surface area contributed by atoms with Crippen molar-refractivity contribution >= 4 is 91.0 Å². The Morgan fingerprint density at radius 3 is 2.12 bits per heavy atom. The van der Waals surface area contributed by atoms with E-state index < -0.39 is 0 Å². The first-order valence-electron chi connectivity index (χ1n) is 11.9. The molecule has 1 fully saturated rings. The molecule has 5 rings (SSSR count). The zero-order valence-electron chi connectivity index (χ0n) is 20.9. The van der Waals surface area contributed by atoms with Crippen molar-refractivity contribution in [3.63, 3.8) is 0 Å². The lowest BCUT2D eigenvalue weighted by Gasteiger charge is -2.16. The van der Waals surface area contributed by atoms with E-state index in [1.165, 1.54) is 11.8 Å². The predicted octanol–water partition coefficient (Wildman–Crippen LogP) is 9.81. The third kappa shape index (κ3) is 6.67. The standard InChI is InChI=1S/C30H20BrCl3N2O3S/c1-38-26-15-19(14-25(31)28(26)39-17-18-2-4-20(32)5-3-18)16-27-29(37)36(24-12-8-22(34)9-13-24)30(40-27)35-23-10-6-21(33)7-11-23/h2-16H,17H2,1H3/b27-16-,35-30?. The van der Waals surface area contributed by atoms with Gasteiger partial charge in [-0.25, -0.2) is 4.99 Å². The molecule has 1 aliphatic rings. The van der Waals surface area contributed by atoms with Crippen LogP contribution in [0.1, 0.15) is 11.1 Å². The van der Waals surface area contributed by atoms with Crippen molar-refractivity contribution in [3.8, 4) is 11.5 Å². The van der Waals surface area contributed by atoms with Crippen LogP contribution in [0.5, 0.6) is 11.5 Å². The largest absolute Gasteiger partial charge is 0.493 e. The molecule has 0 aliphatic carbocycles. The van der Waals surface area contributed by atoms with Crippen LogP contribution in [-0.2, 0) is 11.4 Å². The molecule has 10 heteroatoms. The maximum Gasteiger partial charge on any atom is 0.271 e. The molecular weight excluding hydrogens is 655 g/mol. The highest BCUT2D eigenvalue weighted by atomic mass is 79.9. The highest BCUT2D eigenvalue weighted by Crippen LogP contribution is 2.41. The smallest absolute Gasteiger partial charge is 0.271 e. The van der Waals surface area contributed by atoms with Crippen molar-refractivity contribution in [2.24, 2.45) is 4.99 Å². The Labute approximate surface area is 259 Å². The van der Waals surface area contributed by atoms with Crippen molar-refractivity contribution in [3.05, 3.63) is 121 Å². The van der Waals surface area contributed by atoms with Gasteiger partial charge in [-0.15, -0.1) is 0 Å². The molecule has 0 radical (unpaired) electrons. The van der Waals surface area contributed by atoms with E-state index >= 15 is 0 Å². The summed E-state index contributed by atoms with van der Waals surface area (Å²) in [5.41, 5.74) is 3.05. The summed E-state index contributed by atoms with van der Waals surface area (Å²) in [6.45, 7) is 0.335. The van der Waals surface area contributed by atoms with E-state index in [-0.39, 0.29) is 5.91 Å². The van der Waals surface area contributed by atoms with E-state index in [9.17, 15) is 4.79 Å². The third-order valence-electron chi connectivity index (χ3n) is 5.79. The van der Waals surface area contributed by atoms with Crippen LogP contribution in [0.4, 0.5) is 11.4 Å². The van der Waals surface area contributed by atoms with Crippen LogP contribution in [0, 0.1) is 0 Å². The van der Waals surface area contributed by atoms with Crippen molar-refractivity contribution in [1.29, 1.82) is 0 Å². The molecule has 0 atom stereocenters. The van der Waals surface area contributed by atoms with Gasteiger partial charge in [0.15, 0.2) is 16.7 Å². The molecule has 1 aliphatic heterocycles. The molecule has 0 bridgehead atoms. The van der Waals surface area contributed by atoms with E-state index in [0.29, 0.717) is 59.1 Å². The second-order valence-corrected chi connectivity index (χ2v) is 11.7. The first-order valence-corrected chi connectivity index (χ1v) is 14.6. The average Bonchev–Trinajstić information content (AvgIpc) is 3.24. The number of carbonyl (C=O) groups excluding carboxylic acids is 1. The number of hydrogen-bond donors (Lipinski definition) is 0. The quantitative estimate of drug-likeness (QED) is 0.183. The second kappa shape index (κ2) is 12.7. The van der Waals surface area contributed by atoms with E-state index in [2.05, 4.69) is 15.9 Å². The molecule has 1 amide bonds. The van der Waals surface area contributed by atoms with Crippen molar-refractivity contribution in [2.75, 3.05) is 12.0 Å². The molecule has 0 unspecified atom stereocenters. The molecule has 4 aromatic rings. The number of anilines is 1. The summed E-state index contributed by atoms with van der Waals surface area (Å²) in [6, 6.07) is 25.3. The van der Waals surface area contributed by atoms with Gasteiger partial charge in [0.05, 0.1) is 27.9 Å². The minimum Gasteiger partial charge on any atom is -0.493 e. The number of aliphatic imine (C=N–C) groups is 1. The number of halogens is 4. The Kier molecular flexibility index (Phi) is 9.08. The fourth-order valence-electron chi connectivity index (χ4n) is 3.84. The Morgan fingerprint density at radius 2 is 1.50 bits per heavy atom. The molecule has 0 N–H and O–H groups in total. The maximum absolute atomic E-state index is 13.7. The minimum atomic E-state index is -0.210. The van der Waals surface area contributed by atoms with Gasteiger partial charge in [0.1, 0.15) is 6.61 Å². The second-order valence-electron chi connectivity index (χ2n) is 8.55. The fraction of sp³-hybridized carbons (Fsp3) is 0.0667. The first kappa shape index (κ1) is 28.6. The average molecular weight is 675 g/mol. The van der Waals surface area contributed by atoms with Gasteiger partial charge >= 0.3 is 0 Å². The summed E-state index contributed by atoms with van der Waals surface area (Å²) in [5.74, 6) is 0.867. The van der Waals surface area contributed by atoms with Gasteiger partial charge in [0.2, 0.25) is 0 Å². The van der Waals surface area contributed by atoms with Gasteiger partial charge in [0, 0.05) is 15.1 Å². The lowest BCUT2D eigenvalue weighted by molar-refractivity contribution is -0.113. The molecule has 1 heterocycles. The van der Waals surface area contributed by atoms with Crippen molar-refractivity contribution in [1.82, 2.24) is 0 Å². The van der Waals surface area contributed by atoms with E-state index in [4.69, 9.17) is 49.3 Å². The van der Waals surface area contributed by atoms with Crippen LogP contribution in [0.15, 0.2) is 99.3 Å². The summed E-state index contributed by atoms with van der Waals surface area (Å²) in [7, 11) is 1.57. The number of methoxy groups -OCH3 is 1. The Hall–Kier alpha value is -2.94. The highest BCUT2D eigenvalue weighted by Gasteiger charge is 2.35. The summed E-state index contributed by atoms with van der Waals surface area (Å²) < 4.78 is 12.4. The van der Waals surface area contributed by atoms with Gasteiger partial charge in [-0.2, -0.15) is 0 Å². The number of hydrogen-bond acceptors (Lipinski definition) is 5. The van der Waals surface area contributed by atoms with Crippen LogP contribution < -0.4 is 14.4 Å². The zero-order valence-corrected chi connectivity index (χ0v) is 25.6. The zero-order chi connectivity index (χ0) is 28.2. The van der Waals surface area contributed by atoms with Gasteiger partial charge in [0.25, 0.3) is 5.91 Å². The van der Waals surface area contributed by atoms with Crippen LogP contribution in [0.3, 0.4) is 0 Å². The normalized spacial score (nSPS) is 15.2. The Bertz CT molecular complexity index is 1610. The Balaban J connectivity index is 1.46. The van der Waals surface area contributed by atoms with Crippen LogP contribution in [-0.4, -0.2) is 18.2 Å².